The van der Waals surface area contributed by atoms with Crippen molar-refractivity contribution in [2.75, 3.05) is 0 Å². The first-order valence-electron chi connectivity index (χ1n) is 3.98. The molecule has 0 radical (unpaired) electrons. The van der Waals surface area contributed by atoms with Crippen molar-refractivity contribution in [2.24, 2.45) is 0 Å². The number of hydrogen-bond acceptors (Lipinski definition) is 0. The van der Waals surface area contributed by atoms with Crippen LogP contribution in [0.5, 0.6) is 0 Å². The Morgan fingerprint density at radius 1 is 1.33 bits per heavy atom. The lowest BCUT2D eigenvalue weighted by Gasteiger charge is -2.12. The molecule has 0 aromatic heterocycles. The molecule has 0 spiro atoms. The summed E-state index contributed by atoms with van der Waals surface area (Å²) in [5.74, 6) is 0.504. The molecular formula is C10H12ClI. The molecular weight excluding hydrogens is 282 g/mol. The maximum absolute atomic E-state index is 6.19. The van der Waals surface area contributed by atoms with E-state index in [1.165, 1.54) is 14.7 Å². The quantitative estimate of drug-likeness (QED) is 0.674. The lowest BCUT2D eigenvalue weighted by molar-refractivity contribution is 0.858. The molecule has 66 valence electrons. The Kier molecular flexibility index (Phi) is 3.41. The van der Waals surface area contributed by atoms with Gasteiger partial charge in [0.25, 0.3) is 0 Å². The van der Waals surface area contributed by atoms with Crippen LogP contribution in [0.2, 0.25) is 5.02 Å². The van der Waals surface area contributed by atoms with Crippen molar-refractivity contribution in [2.45, 2.75) is 26.7 Å². The van der Waals surface area contributed by atoms with Crippen LogP contribution < -0.4 is 0 Å². The van der Waals surface area contributed by atoms with Crippen LogP contribution in [0, 0.1) is 10.5 Å². The lowest BCUT2D eigenvalue weighted by atomic mass is 10.0. The molecule has 0 nitrogen and oxygen atoms in total. The summed E-state index contributed by atoms with van der Waals surface area (Å²) in [5, 5.41) is 0.928. The second-order valence-corrected chi connectivity index (χ2v) is 4.79. The highest BCUT2D eigenvalue weighted by Gasteiger charge is 2.10. The number of benzene rings is 1. The molecule has 0 unspecified atom stereocenters. The molecule has 0 saturated carbocycles. The molecule has 0 aliphatic carbocycles. The van der Waals surface area contributed by atoms with Crippen LogP contribution in [0.3, 0.4) is 0 Å². The third kappa shape index (κ3) is 1.94. The van der Waals surface area contributed by atoms with Gasteiger partial charge in [0.15, 0.2) is 0 Å². The van der Waals surface area contributed by atoms with E-state index in [0.717, 1.165) is 5.02 Å². The molecule has 0 aliphatic rings. The van der Waals surface area contributed by atoms with Gasteiger partial charge in [-0.2, -0.15) is 0 Å². The summed E-state index contributed by atoms with van der Waals surface area (Å²) in [5.41, 5.74) is 2.44. The van der Waals surface area contributed by atoms with Gasteiger partial charge < -0.3 is 0 Å². The van der Waals surface area contributed by atoms with Crippen LogP contribution in [-0.2, 0) is 0 Å². The molecule has 0 aliphatic heterocycles. The first-order valence-corrected chi connectivity index (χ1v) is 5.44. The van der Waals surface area contributed by atoms with Gasteiger partial charge in [-0.05, 0) is 52.6 Å². The second kappa shape index (κ2) is 3.97. The molecule has 0 atom stereocenters. The fourth-order valence-electron chi connectivity index (χ4n) is 1.21. The zero-order valence-electron chi connectivity index (χ0n) is 7.49. The van der Waals surface area contributed by atoms with E-state index in [2.05, 4.69) is 48.6 Å². The Bertz CT molecular complexity index is 292. The summed E-state index contributed by atoms with van der Waals surface area (Å²) in [4.78, 5) is 0. The predicted octanol–water partition coefficient (Wildman–Crippen LogP) is 4.38. The van der Waals surface area contributed by atoms with E-state index in [9.17, 15) is 0 Å². The molecule has 2 heteroatoms. The first-order chi connectivity index (χ1) is 5.54. The molecule has 1 aromatic carbocycles. The van der Waals surface area contributed by atoms with Crippen molar-refractivity contribution in [3.8, 4) is 0 Å². The minimum Gasteiger partial charge on any atom is -0.0837 e. The predicted molar refractivity (Wildman–Crippen MR) is 63.0 cm³/mol. The summed E-state index contributed by atoms with van der Waals surface area (Å²) in [7, 11) is 0. The molecule has 0 saturated heterocycles. The van der Waals surface area contributed by atoms with Crippen molar-refractivity contribution in [3.05, 3.63) is 31.9 Å². The largest absolute Gasteiger partial charge is 0.0837 e. The van der Waals surface area contributed by atoms with E-state index in [1.807, 2.05) is 6.92 Å². The monoisotopic (exact) mass is 294 g/mol. The minimum absolute atomic E-state index is 0.504. The van der Waals surface area contributed by atoms with E-state index in [1.54, 1.807) is 0 Å². The van der Waals surface area contributed by atoms with Gasteiger partial charge in [0.05, 0.1) is 0 Å². The van der Waals surface area contributed by atoms with E-state index >= 15 is 0 Å². The minimum atomic E-state index is 0.504. The van der Waals surface area contributed by atoms with Crippen LogP contribution in [0.1, 0.15) is 30.9 Å². The third-order valence-corrected chi connectivity index (χ3v) is 3.34. The van der Waals surface area contributed by atoms with Gasteiger partial charge in [-0.3, -0.25) is 0 Å². The number of rotatable bonds is 1. The van der Waals surface area contributed by atoms with Crippen LogP contribution in [0.25, 0.3) is 0 Å². The number of halogens is 2. The van der Waals surface area contributed by atoms with Gasteiger partial charge in [-0.1, -0.05) is 31.5 Å². The summed E-state index contributed by atoms with van der Waals surface area (Å²) in [6, 6.07) is 4.19. The molecule has 0 amide bonds. The topological polar surface area (TPSA) is 0 Å². The highest BCUT2D eigenvalue weighted by molar-refractivity contribution is 14.1. The van der Waals surface area contributed by atoms with E-state index in [-0.39, 0.29) is 0 Å². The molecule has 0 N–H and O–H groups in total. The molecule has 12 heavy (non-hydrogen) atoms. The maximum Gasteiger partial charge on any atom is 0.0480 e. The molecule has 1 rings (SSSR count). The molecule has 0 fully saturated rings. The molecule has 0 bridgehead atoms. The Morgan fingerprint density at radius 3 is 2.33 bits per heavy atom. The summed E-state index contributed by atoms with van der Waals surface area (Å²) in [6.45, 7) is 6.38. The molecule has 1 aromatic rings. The van der Waals surface area contributed by atoms with Gasteiger partial charge in [0, 0.05) is 8.59 Å². The van der Waals surface area contributed by atoms with Gasteiger partial charge in [-0.15, -0.1) is 0 Å². The number of aryl methyl sites for hydroxylation is 1. The SMILES string of the molecule is Cc1ccc(I)c(C(C)C)c1Cl. The smallest absolute Gasteiger partial charge is 0.0480 e. The lowest BCUT2D eigenvalue weighted by Crippen LogP contribution is -1.94. The van der Waals surface area contributed by atoms with Crippen molar-refractivity contribution >= 4 is 34.2 Å². The summed E-state index contributed by atoms with van der Waals surface area (Å²) >= 11 is 8.52. The van der Waals surface area contributed by atoms with Gasteiger partial charge in [0.2, 0.25) is 0 Å². The van der Waals surface area contributed by atoms with E-state index in [0.29, 0.717) is 5.92 Å². The van der Waals surface area contributed by atoms with Gasteiger partial charge in [-0.25, -0.2) is 0 Å². The Hall–Kier alpha value is 0.240. The maximum atomic E-state index is 6.19. The van der Waals surface area contributed by atoms with E-state index < -0.39 is 0 Å². The molecule has 0 heterocycles. The van der Waals surface area contributed by atoms with Crippen LogP contribution >= 0.6 is 34.2 Å². The van der Waals surface area contributed by atoms with Gasteiger partial charge in [0.1, 0.15) is 0 Å². The van der Waals surface area contributed by atoms with Crippen LogP contribution in [-0.4, -0.2) is 0 Å². The zero-order chi connectivity index (χ0) is 9.30. The zero-order valence-corrected chi connectivity index (χ0v) is 10.4. The van der Waals surface area contributed by atoms with Crippen molar-refractivity contribution in [1.29, 1.82) is 0 Å². The van der Waals surface area contributed by atoms with Gasteiger partial charge >= 0.3 is 0 Å². The Balaban J connectivity index is 3.33. The van der Waals surface area contributed by atoms with Crippen molar-refractivity contribution in [3.63, 3.8) is 0 Å². The van der Waals surface area contributed by atoms with Crippen molar-refractivity contribution in [1.82, 2.24) is 0 Å². The standard InChI is InChI=1S/C10H12ClI/c1-6(2)9-8(12)5-4-7(3)10(9)11/h4-6H,1-3H3. The fourth-order valence-corrected chi connectivity index (χ4v) is 2.82. The van der Waals surface area contributed by atoms with Crippen molar-refractivity contribution < 1.29 is 0 Å². The first kappa shape index (κ1) is 10.3. The van der Waals surface area contributed by atoms with Crippen LogP contribution in [0.15, 0.2) is 12.1 Å². The fraction of sp³-hybridized carbons (Fsp3) is 0.400. The average Bonchev–Trinajstić information content (AvgIpc) is 1.97. The normalized spacial score (nSPS) is 10.8. The average molecular weight is 295 g/mol. The Morgan fingerprint density at radius 2 is 1.92 bits per heavy atom. The third-order valence-electron chi connectivity index (χ3n) is 1.90. The summed E-state index contributed by atoms with van der Waals surface area (Å²) in [6.07, 6.45) is 0. The summed E-state index contributed by atoms with van der Waals surface area (Å²) < 4.78 is 1.26. The number of hydrogen-bond donors (Lipinski definition) is 0. The van der Waals surface area contributed by atoms with Crippen LogP contribution in [0.4, 0.5) is 0 Å². The highest BCUT2D eigenvalue weighted by Crippen LogP contribution is 2.31. The second-order valence-electron chi connectivity index (χ2n) is 3.25. The Labute approximate surface area is 92.5 Å². The van der Waals surface area contributed by atoms with E-state index in [4.69, 9.17) is 11.6 Å². The highest BCUT2D eigenvalue weighted by atomic mass is 127.